The molecule has 0 fully saturated rings. The number of hydrogen-bond donors (Lipinski definition) is 0. The summed E-state index contributed by atoms with van der Waals surface area (Å²) >= 11 is 11.9. The molecule has 106 valence electrons. The maximum atomic E-state index is 6.01. The van der Waals surface area contributed by atoms with E-state index in [4.69, 9.17) is 28.0 Å². The van der Waals surface area contributed by atoms with Gasteiger partial charge in [0.15, 0.2) is 5.82 Å². The molecule has 1 aromatic heterocycles. The molecule has 0 saturated carbocycles. The highest BCUT2D eigenvalue weighted by molar-refractivity contribution is 6.42. The van der Waals surface area contributed by atoms with Crippen molar-refractivity contribution in [3.8, 4) is 0 Å². The van der Waals surface area contributed by atoms with Crippen molar-refractivity contribution in [2.75, 3.05) is 7.11 Å². The second-order valence-electron chi connectivity index (χ2n) is 4.04. The number of hydrogen-bond acceptors (Lipinski definition) is 5. The van der Waals surface area contributed by atoms with Crippen molar-refractivity contribution in [1.82, 2.24) is 20.2 Å². The Labute approximate surface area is 126 Å². The number of nitrogens with zero attached hydrogens (tertiary/aromatic N) is 5. The van der Waals surface area contributed by atoms with Gasteiger partial charge in [-0.2, -0.15) is 4.80 Å². The van der Waals surface area contributed by atoms with Gasteiger partial charge in [0.2, 0.25) is 0 Å². The van der Waals surface area contributed by atoms with Crippen LogP contribution in [0.25, 0.3) is 0 Å². The van der Waals surface area contributed by atoms with E-state index in [2.05, 4.69) is 20.6 Å². The molecule has 20 heavy (non-hydrogen) atoms. The first-order valence-corrected chi connectivity index (χ1v) is 6.64. The highest BCUT2D eigenvalue weighted by Gasteiger charge is 2.10. The molecular weight excluding hydrogens is 301 g/mol. The maximum Gasteiger partial charge on any atom is 0.175 e. The molecule has 6 nitrogen and oxygen atoms in total. The molecule has 0 bridgehead atoms. The normalized spacial score (nSPS) is 11.7. The zero-order valence-corrected chi connectivity index (χ0v) is 12.6. The number of tetrazole rings is 1. The van der Waals surface area contributed by atoms with Gasteiger partial charge in [-0.25, -0.2) is 0 Å². The van der Waals surface area contributed by atoms with E-state index in [1.54, 1.807) is 19.2 Å². The minimum Gasteiger partial charge on any atom is -0.399 e. The molecular formula is C12H13Cl2N5O. The van der Waals surface area contributed by atoms with Crippen LogP contribution in [0.3, 0.4) is 0 Å². The van der Waals surface area contributed by atoms with Crippen molar-refractivity contribution < 1.29 is 4.84 Å². The van der Waals surface area contributed by atoms with Crippen LogP contribution in [0.1, 0.15) is 17.8 Å². The van der Waals surface area contributed by atoms with E-state index in [9.17, 15) is 0 Å². The molecule has 0 aliphatic rings. The number of oxime groups is 1. The maximum absolute atomic E-state index is 6.01. The topological polar surface area (TPSA) is 65.2 Å². The van der Waals surface area contributed by atoms with Crippen molar-refractivity contribution in [1.29, 1.82) is 0 Å². The molecule has 0 radical (unpaired) electrons. The van der Waals surface area contributed by atoms with Gasteiger partial charge in [-0.05, 0) is 17.3 Å². The Balaban J connectivity index is 2.14. The lowest BCUT2D eigenvalue weighted by atomic mass is 10.1. The molecule has 1 aromatic carbocycles. The molecule has 0 aliphatic carbocycles. The van der Waals surface area contributed by atoms with Gasteiger partial charge in [-0.3, -0.25) is 0 Å². The van der Waals surface area contributed by atoms with Gasteiger partial charge in [0.25, 0.3) is 0 Å². The van der Waals surface area contributed by atoms with E-state index in [-0.39, 0.29) is 0 Å². The fourth-order valence-electron chi connectivity index (χ4n) is 1.68. The standard InChI is InChI=1S/C12H13Cl2N5O/c1-19-16-12(15-18-19)6-5-11(17-20-2)8-3-4-9(13)10(14)7-8/h3-4,7H,5-6H2,1-2H3. The summed E-state index contributed by atoms with van der Waals surface area (Å²) < 4.78 is 0. The van der Waals surface area contributed by atoms with Crippen LogP contribution in [0.15, 0.2) is 23.4 Å². The summed E-state index contributed by atoms with van der Waals surface area (Å²) in [5.41, 5.74) is 1.60. The number of aromatic nitrogens is 4. The Bertz CT molecular complexity index is 626. The Morgan fingerprint density at radius 3 is 2.75 bits per heavy atom. The van der Waals surface area contributed by atoms with Gasteiger partial charge < -0.3 is 4.84 Å². The van der Waals surface area contributed by atoms with Gasteiger partial charge in [-0.1, -0.05) is 34.4 Å². The summed E-state index contributed by atoms with van der Waals surface area (Å²) in [6.07, 6.45) is 1.22. The summed E-state index contributed by atoms with van der Waals surface area (Å²) in [7, 11) is 3.22. The molecule has 0 amide bonds. The highest BCUT2D eigenvalue weighted by atomic mass is 35.5. The van der Waals surface area contributed by atoms with Crippen LogP contribution in [0.5, 0.6) is 0 Å². The van der Waals surface area contributed by atoms with Gasteiger partial charge in [0.05, 0.1) is 22.8 Å². The third-order valence-corrected chi connectivity index (χ3v) is 3.33. The Hall–Kier alpha value is -1.66. The minimum atomic E-state index is 0.477. The van der Waals surface area contributed by atoms with Crippen molar-refractivity contribution in [2.45, 2.75) is 12.8 Å². The molecule has 1 heterocycles. The van der Waals surface area contributed by atoms with Crippen LogP contribution in [-0.4, -0.2) is 33.0 Å². The largest absolute Gasteiger partial charge is 0.399 e. The van der Waals surface area contributed by atoms with Gasteiger partial charge >= 0.3 is 0 Å². The average Bonchev–Trinajstić information content (AvgIpc) is 2.84. The summed E-state index contributed by atoms with van der Waals surface area (Å²) in [6, 6.07) is 5.33. The zero-order chi connectivity index (χ0) is 14.5. The van der Waals surface area contributed by atoms with Crippen LogP contribution >= 0.6 is 23.2 Å². The van der Waals surface area contributed by atoms with E-state index in [0.717, 1.165) is 11.3 Å². The third-order valence-electron chi connectivity index (χ3n) is 2.59. The predicted octanol–water partition coefficient (Wildman–Crippen LogP) is 2.50. The lowest BCUT2D eigenvalue weighted by molar-refractivity contribution is 0.213. The van der Waals surface area contributed by atoms with Gasteiger partial charge in [-0.15, -0.1) is 10.2 Å². The first kappa shape index (κ1) is 14.7. The van der Waals surface area contributed by atoms with Crippen LogP contribution in [0.2, 0.25) is 10.0 Å². The van der Waals surface area contributed by atoms with Crippen LogP contribution in [0.4, 0.5) is 0 Å². The highest BCUT2D eigenvalue weighted by Crippen LogP contribution is 2.23. The molecule has 0 spiro atoms. The van der Waals surface area contributed by atoms with Gasteiger partial charge in [0.1, 0.15) is 7.11 Å². The molecule has 0 saturated heterocycles. The fraction of sp³-hybridized carbons (Fsp3) is 0.333. The third kappa shape index (κ3) is 3.68. The molecule has 2 aromatic rings. The fourth-order valence-corrected chi connectivity index (χ4v) is 1.98. The quantitative estimate of drug-likeness (QED) is 0.628. The van der Waals surface area contributed by atoms with E-state index in [1.165, 1.54) is 11.9 Å². The average molecular weight is 314 g/mol. The summed E-state index contributed by atoms with van der Waals surface area (Å²) in [4.78, 5) is 6.29. The second kappa shape index (κ2) is 6.67. The van der Waals surface area contributed by atoms with Crippen LogP contribution in [-0.2, 0) is 18.3 Å². The van der Waals surface area contributed by atoms with Crippen molar-refractivity contribution in [3.63, 3.8) is 0 Å². The van der Waals surface area contributed by atoms with E-state index in [1.807, 2.05) is 6.07 Å². The molecule has 0 unspecified atom stereocenters. The zero-order valence-electron chi connectivity index (χ0n) is 11.0. The van der Waals surface area contributed by atoms with Crippen molar-refractivity contribution >= 4 is 28.9 Å². The van der Waals surface area contributed by atoms with Crippen molar-refractivity contribution in [3.05, 3.63) is 39.6 Å². The molecule has 0 aliphatic heterocycles. The molecule has 0 atom stereocenters. The minimum absolute atomic E-state index is 0.477. The van der Waals surface area contributed by atoms with Crippen LogP contribution in [0, 0.1) is 0 Å². The van der Waals surface area contributed by atoms with E-state index in [0.29, 0.717) is 28.7 Å². The molecule has 8 heteroatoms. The Morgan fingerprint density at radius 2 is 2.15 bits per heavy atom. The Kier molecular flexibility index (Phi) is 4.92. The predicted molar refractivity (Wildman–Crippen MR) is 77.1 cm³/mol. The van der Waals surface area contributed by atoms with E-state index >= 15 is 0 Å². The first-order chi connectivity index (χ1) is 9.60. The van der Waals surface area contributed by atoms with E-state index < -0.39 is 0 Å². The lowest BCUT2D eigenvalue weighted by Gasteiger charge is -2.06. The summed E-state index contributed by atoms with van der Waals surface area (Å²) in [5, 5.41) is 16.8. The summed E-state index contributed by atoms with van der Waals surface area (Å²) in [5.74, 6) is 0.649. The number of benzene rings is 1. The number of aryl methyl sites for hydroxylation is 2. The first-order valence-electron chi connectivity index (χ1n) is 5.88. The summed E-state index contributed by atoms with van der Waals surface area (Å²) in [6.45, 7) is 0. The monoisotopic (exact) mass is 313 g/mol. The van der Waals surface area contributed by atoms with Gasteiger partial charge in [0, 0.05) is 18.4 Å². The van der Waals surface area contributed by atoms with Crippen LogP contribution < -0.4 is 0 Å². The lowest BCUT2D eigenvalue weighted by Crippen LogP contribution is -2.05. The SMILES string of the molecule is CON=C(CCc1nnn(C)n1)c1ccc(Cl)c(Cl)c1. The van der Waals surface area contributed by atoms with Crippen molar-refractivity contribution in [2.24, 2.45) is 12.2 Å². The Morgan fingerprint density at radius 1 is 1.35 bits per heavy atom. The smallest absolute Gasteiger partial charge is 0.175 e. The second-order valence-corrected chi connectivity index (χ2v) is 4.86. The number of halogens is 2. The number of rotatable bonds is 5. The molecule has 2 rings (SSSR count). The molecule has 0 N–H and O–H groups in total.